The number of rotatable bonds is 5. The number of nitrogens with zero attached hydrogens (tertiary/aromatic N) is 2. The van der Waals surface area contributed by atoms with Crippen molar-refractivity contribution < 1.29 is 4.79 Å². The highest BCUT2D eigenvalue weighted by molar-refractivity contribution is 7.18. The first kappa shape index (κ1) is 14.7. The first-order valence-electron chi connectivity index (χ1n) is 6.72. The fourth-order valence-electron chi connectivity index (χ4n) is 2.14. The highest BCUT2D eigenvalue weighted by Gasteiger charge is 2.40. The Bertz CT molecular complexity index is 566. The number of thiophene rings is 1. The van der Waals surface area contributed by atoms with Crippen LogP contribution in [0, 0.1) is 16.7 Å². The molecular weight excluding hydrogens is 272 g/mol. The Balaban J connectivity index is 2.23. The van der Waals surface area contributed by atoms with E-state index in [0.717, 1.165) is 18.0 Å². The van der Waals surface area contributed by atoms with Gasteiger partial charge in [0.2, 0.25) is 0 Å². The first-order chi connectivity index (χ1) is 9.44. The van der Waals surface area contributed by atoms with Crippen LogP contribution in [-0.4, -0.2) is 31.4 Å². The molecule has 1 aliphatic carbocycles. The second kappa shape index (κ2) is 5.33. The van der Waals surface area contributed by atoms with Gasteiger partial charge in [0.25, 0.3) is 5.91 Å². The molecule has 108 valence electrons. The van der Waals surface area contributed by atoms with Crippen molar-refractivity contribution in [3.05, 3.63) is 10.4 Å². The molecule has 0 aromatic carbocycles. The summed E-state index contributed by atoms with van der Waals surface area (Å²) in [4.78, 5) is 13.9. The van der Waals surface area contributed by atoms with Crippen molar-refractivity contribution in [1.82, 2.24) is 4.90 Å². The van der Waals surface area contributed by atoms with E-state index in [-0.39, 0.29) is 5.91 Å². The Morgan fingerprint density at radius 1 is 1.55 bits per heavy atom. The molecule has 6 heteroatoms. The topological polar surface area (TPSA) is 82.2 Å². The zero-order chi connectivity index (χ0) is 14.9. The third-order valence-electron chi connectivity index (χ3n) is 3.99. The average Bonchev–Trinajstić information content (AvgIpc) is 3.14. The number of carbonyl (C=O) groups is 1. The second-order valence-electron chi connectivity index (χ2n) is 5.57. The number of hydrogen-bond acceptors (Lipinski definition) is 5. The highest BCUT2D eigenvalue weighted by atomic mass is 32.1. The molecule has 5 nitrogen and oxygen atoms in total. The van der Waals surface area contributed by atoms with Crippen molar-refractivity contribution in [2.75, 3.05) is 31.7 Å². The molecular formula is C14H20N4OS. The van der Waals surface area contributed by atoms with Gasteiger partial charge < -0.3 is 16.0 Å². The SMILES string of the molecule is CCC1(CNc2sc(C(=O)N(C)C)c(N)c2C#N)CC1. The molecule has 1 heterocycles. The lowest BCUT2D eigenvalue weighted by atomic mass is 10.0. The Hall–Kier alpha value is -1.74. The van der Waals surface area contributed by atoms with Crippen molar-refractivity contribution in [2.24, 2.45) is 5.41 Å². The smallest absolute Gasteiger partial charge is 0.265 e. The predicted octanol–water partition coefficient (Wildman–Crippen LogP) is 2.51. The summed E-state index contributed by atoms with van der Waals surface area (Å²) in [5.41, 5.74) is 7.00. The largest absolute Gasteiger partial charge is 0.396 e. The van der Waals surface area contributed by atoms with Crippen molar-refractivity contribution in [3.63, 3.8) is 0 Å². The lowest BCUT2D eigenvalue weighted by Crippen LogP contribution is -2.21. The van der Waals surface area contributed by atoms with Gasteiger partial charge in [-0.3, -0.25) is 4.79 Å². The van der Waals surface area contributed by atoms with Gasteiger partial charge in [-0.25, -0.2) is 0 Å². The number of nitrogens with one attached hydrogen (secondary N) is 1. The van der Waals surface area contributed by atoms with Gasteiger partial charge >= 0.3 is 0 Å². The van der Waals surface area contributed by atoms with Gasteiger partial charge in [-0.15, -0.1) is 11.3 Å². The van der Waals surface area contributed by atoms with Crippen LogP contribution in [0.3, 0.4) is 0 Å². The molecule has 0 radical (unpaired) electrons. The third-order valence-corrected chi connectivity index (χ3v) is 5.14. The fraction of sp³-hybridized carbons (Fsp3) is 0.571. The molecule has 0 bridgehead atoms. The Labute approximate surface area is 123 Å². The van der Waals surface area contributed by atoms with Crippen LogP contribution in [0.15, 0.2) is 0 Å². The van der Waals surface area contributed by atoms with Crippen LogP contribution in [0.5, 0.6) is 0 Å². The molecule has 1 aromatic heterocycles. The summed E-state index contributed by atoms with van der Waals surface area (Å²) < 4.78 is 0. The van der Waals surface area contributed by atoms with E-state index < -0.39 is 0 Å². The van der Waals surface area contributed by atoms with Crippen LogP contribution in [0.1, 0.15) is 41.4 Å². The van der Waals surface area contributed by atoms with E-state index in [4.69, 9.17) is 5.73 Å². The summed E-state index contributed by atoms with van der Waals surface area (Å²) in [5, 5.41) is 13.3. The molecule has 1 fully saturated rings. The van der Waals surface area contributed by atoms with Crippen molar-refractivity contribution in [2.45, 2.75) is 26.2 Å². The molecule has 0 atom stereocenters. The van der Waals surface area contributed by atoms with Gasteiger partial charge in [-0.2, -0.15) is 5.26 Å². The van der Waals surface area contributed by atoms with Gasteiger partial charge in [0.1, 0.15) is 21.5 Å². The quantitative estimate of drug-likeness (QED) is 0.873. The Morgan fingerprint density at radius 2 is 2.20 bits per heavy atom. The number of hydrogen-bond donors (Lipinski definition) is 2. The molecule has 0 aliphatic heterocycles. The van der Waals surface area contributed by atoms with Crippen LogP contribution >= 0.6 is 11.3 Å². The summed E-state index contributed by atoms with van der Waals surface area (Å²) in [5.74, 6) is -0.159. The van der Waals surface area contributed by atoms with Gasteiger partial charge in [0.15, 0.2) is 0 Å². The predicted molar refractivity (Wildman–Crippen MR) is 81.9 cm³/mol. The maximum atomic E-state index is 12.0. The summed E-state index contributed by atoms with van der Waals surface area (Å²) >= 11 is 1.28. The molecule has 1 saturated carbocycles. The van der Waals surface area contributed by atoms with E-state index in [2.05, 4.69) is 18.3 Å². The van der Waals surface area contributed by atoms with Gasteiger partial charge in [-0.1, -0.05) is 6.92 Å². The average molecular weight is 292 g/mol. The zero-order valence-corrected chi connectivity index (χ0v) is 12.9. The molecule has 20 heavy (non-hydrogen) atoms. The van der Waals surface area contributed by atoms with E-state index in [9.17, 15) is 10.1 Å². The Kier molecular flexibility index (Phi) is 3.91. The molecule has 2 rings (SSSR count). The van der Waals surface area contributed by atoms with Gasteiger partial charge in [0, 0.05) is 20.6 Å². The third kappa shape index (κ3) is 2.59. The second-order valence-corrected chi connectivity index (χ2v) is 6.59. The number of nitrogens with two attached hydrogens (primary N) is 1. The van der Waals surface area contributed by atoms with Gasteiger partial charge in [0.05, 0.1) is 5.69 Å². The van der Waals surface area contributed by atoms with Crippen LogP contribution in [0.25, 0.3) is 0 Å². The number of nitrogen functional groups attached to an aromatic ring is 1. The molecule has 0 unspecified atom stereocenters. The molecule has 0 spiro atoms. The molecule has 1 amide bonds. The van der Waals surface area contributed by atoms with E-state index in [0.29, 0.717) is 21.5 Å². The summed E-state index contributed by atoms with van der Waals surface area (Å²) in [6.07, 6.45) is 3.58. The van der Waals surface area contributed by atoms with Crippen molar-refractivity contribution in [3.8, 4) is 6.07 Å². The summed E-state index contributed by atoms with van der Waals surface area (Å²) in [7, 11) is 3.35. The summed E-state index contributed by atoms with van der Waals surface area (Å²) in [6.45, 7) is 3.03. The van der Waals surface area contributed by atoms with E-state index in [1.54, 1.807) is 14.1 Å². The molecule has 1 aromatic rings. The minimum Gasteiger partial charge on any atom is -0.396 e. The monoisotopic (exact) mass is 292 g/mol. The Morgan fingerprint density at radius 3 is 2.65 bits per heavy atom. The molecule has 3 N–H and O–H groups in total. The maximum absolute atomic E-state index is 12.0. The normalized spacial score (nSPS) is 15.5. The van der Waals surface area contributed by atoms with E-state index in [1.807, 2.05) is 0 Å². The lowest BCUT2D eigenvalue weighted by Gasteiger charge is -2.13. The number of amides is 1. The van der Waals surface area contributed by atoms with Crippen LogP contribution in [0.2, 0.25) is 0 Å². The van der Waals surface area contributed by atoms with Crippen molar-refractivity contribution >= 4 is 27.9 Å². The zero-order valence-electron chi connectivity index (χ0n) is 12.1. The number of anilines is 2. The van der Waals surface area contributed by atoms with E-state index >= 15 is 0 Å². The summed E-state index contributed by atoms with van der Waals surface area (Å²) in [6, 6.07) is 2.10. The maximum Gasteiger partial charge on any atom is 0.265 e. The number of nitriles is 1. The van der Waals surface area contributed by atoms with Gasteiger partial charge in [-0.05, 0) is 24.7 Å². The van der Waals surface area contributed by atoms with Crippen LogP contribution in [0.4, 0.5) is 10.7 Å². The van der Waals surface area contributed by atoms with Crippen LogP contribution in [-0.2, 0) is 0 Å². The molecule has 0 saturated heterocycles. The number of carbonyl (C=O) groups excluding carboxylic acids is 1. The minimum absolute atomic E-state index is 0.159. The molecule has 1 aliphatic rings. The fourth-order valence-corrected chi connectivity index (χ4v) is 3.23. The van der Waals surface area contributed by atoms with Crippen molar-refractivity contribution in [1.29, 1.82) is 5.26 Å². The lowest BCUT2D eigenvalue weighted by molar-refractivity contribution is 0.0833. The minimum atomic E-state index is -0.159. The first-order valence-corrected chi connectivity index (χ1v) is 7.53. The standard InChI is InChI=1S/C14H20N4OS/c1-4-14(5-6-14)8-17-12-9(7-15)10(16)11(20-12)13(19)18(2)3/h17H,4-6,8,16H2,1-3H3. The highest BCUT2D eigenvalue weighted by Crippen LogP contribution is 2.49. The van der Waals surface area contributed by atoms with E-state index in [1.165, 1.54) is 29.1 Å². The van der Waals surface area contributed by atoms with Crippen LogP contribution < -0.4 is 11.1 Å².